The average Bonchev–Trinajstić information content (AvgIpc) is 2.69. The molecule has 2 aromatic rings. The maximum absolute atomic E-state index is 12.9. The van der Waals surface area contributed by atoms with E-state index in [1.165, 1.54) is 0 Å². The lowest BCUT2D eigenvalue weighted by molar-refractivity contribution is 0.0687. The van der Waals surface area contributed by atoms with Gasteiger partial charge < -0.3 is 14.8 Å². The normalized spacial score (nSPS) is 25.9. The van der Waals surface area contributed by atoms with Crippen molar-refractivity contribution in [2.45, 2.75) is 18.9 Å². The molecule has 4 heteroatoms. The molecule has 0 radical (unpaired) electrons. The van der Waals surface area contributed by atoms with Crippen LogP contribution in [0.2, 0.25) is 0 Å². The molecule has 20 heavy (non-hydrogen) atoms. The number of hydrogen-bond donors (Lipinski definition) is 1. The molecule has 4 nitrogen and oxygen atoms in total. The number of nitrogens with one attached hydrogen (secondary N) is 1. The van der Waals surface area contributed by atoms with Gasteiger partial charge in [0.05, 0.1) is 5.56 Å². The number of H-pyrrole nitrogens is 1. The number of fused-ring (bicyclic) bond motifs is 5. The standard InChI is InChI=1S/C16H19N3O/c20-16(14-11-17-15-4-2-1-3-13(14)15)19-10-9-18-7-5-12(19)6-8-18/h1-4,11-12,17H,5-10H2. The Morgan fingerprint density at radius 2 is 1.90 bits per heavy atom. The van der Waals surface area contributed by atoms with E-state index in [1.54, 1.807) is 0 Å². The minimum atomic E-state index is 0.191. The van der Waals surface area contributed by atoms with Gasteiger partial charge in [0.25, 0.3) is 5.91 Å². The fourth-order valence-corrected chi connectivity index (χ4v) is 3.56. The minimum absolute atomic E-state index is 0.191. The van der Waals surface area contributed by atoms with Crippen molar-refractivity contribution < 1.29 is 4.79 Å². The molecule has 0 atom stereocenters. The van der Waals surface area contributed by atoms with Crippen molar-refractivity contribution in [1.82, 2.24) is 14.8 Å². The molecule has 3 aliphatic rings. The van der Waals surface area contributed by atoms with Gasteiger partial charge in [-0.2, -0.15) is 0 Å². The third kappa shape index (κ3) is 1.83. The van der Waals surface area contributed by atoms with Crippen LogP contribution in [-0.2, 0) is 0 Å². The first-order valence-corrected chi connectivity index (χ1v) is 7.42. The summed E-state index contributed by atoms with van der Waals surface area (Å²) in [5.41, 5.74) is 1.86. The lowest BCUT2D eigenvalue weighted by Crippen LogP contribution is -2.41. The van der Waals surface area contributed by atoms with Crippen LogP contribution in [0.25, 0.3) is 10.9 Å². The Labute approximate surface area is 118 Å². The predicted octanol–water partition coefficient (Wildman–Crippen LogP) is 2.09. The van der Waals surface area contributed by atoms with E-state index in [0.717, 1.165) is 55.5 Å². The second-order valence-corrected chi connectivity index (χ2v) is 5.82. The molecular weight excluding hydrogens is 250 g/mol. The second-order valence-electron chi connectivity index (χ2n) is 5.82. The molecule has 1 aromatic heterocycles. The lowest BCUT2D eigenvalue weighted by atomic mass is 10.0. The Hall–Kier alpha value is -1.81. The van der Waals surface area contributed by atoms with Crippen molar-refractivity contribution in [3.8, 4) is 0 Å². The van der Waals surface area contributed by atoms with E-state index in [0.29, 0.717) is 6.04 Å². The van der Waals surface area contributed by atoms with Gasteiger partial charge in [0.15, 0.2) is 0 Å². The van der Waals surface area contributed by atoms with Crippen molar-refractivity contribution in [2.24, 2.45) is 0 Å². The number of aromatic amines is 1. The second kappa shape index (κ2) is 4.63. The number of hydrogen-bond acceptors (Lipinski definition) is 2. The van der Waals surface area contributed by atoms with Crippen LogP contribution < -0.4 is 0 Å². The quantitative estimate of drug-likeness (QED) is 0.861. The Kier molecular flexibility index (Phi) is 2.77. The molecule has 3 saturated heterocycles. The first-order valence-electron chi connectivity index (χ1n) is 7.42. The van der Waals surface area contributed by atoms with Crippen molar-refractivity contribution in [3.63, 3.8) is 0 Å². The highest BCUT2D eigenvalue weighted by Gasteiger charge is 2.32. The monoisotopic (exact) mass is 269 g/mol. The summed E-state index contributed by atoms with van der Waals surface area (Å²) in [6.45, 7) is 4.16. The van der Waals surface area contributed by atoms with Crippen LogP contribution in [0.4, 0.5) is 0 Å². The van der Waals surface area contributed by atoms with Crippen molar-refractivity contribution in [2.75, 3.05) is 26.2 Å². The zero-order valence-electron chi connectivity index (χ0n) is 11.5. The zero-order valence-corrected chi connectivity index (χ0v) is 11.5. The first-order chi connectivity index (χ1) is 9.83. The van der Waals surface area contributed by atoms with Crippen LogP contribution in [0.15, 0.2) is 30.5 Å². The van der Waals surface area contributed by atoms with Gasteiger partial charge in [-0.05, 0) is 18.9 Å². The van der Waals surface area contributed by atoms with E-state index in [1.807, 2.05) is 30.5 Å². The molecular formula is C16H19N3O. The largest absolute Gasteiger partial charge is 0.360 e. The summed E-state index contributed by atoms with van der Waals surface area (Å²) in [4.78, 5) is 20.7. The molecule has 3 aliphatic heterocycles. The fourth-order valence-electron chi connectivity index (χ4n) is 3.56. The first kappa shape index (κ1) is 12.0. The smallest absolute Gasteiger partial charge is 0.256 e. The topological polar surface area (TPSA) is 39.3 Å². The van der Waals surface area contributed by atoms with Crippen molar-refractivity contribution >= 4 is 16.8 Å². The maximum Gasteiger partial charge on any atom is 0.256 e. The van der Waals surface area contributed by atoms with Crippen LogP contribution in [0.3, 0.4) is 0 Å². The summed E-state index contributed by atoms with van der Waals surface area (Å²) in [7, 11) is 0. The molecule has 0 unspecified atom stereocenters. The third-order valence-corrected chi connectivity index (χ3v) is 4.74. The Morgan fingerprint density at radius 1 is 1.10 bits per heavy atom. The van der Waals surface area contributed by atoms with E-state index in [9.17, 15) is 4.79 Å². The van der Waals surface area contributed by atoms with Gasteiger partial charge in [-0.3, -0.25) is 4.79 Å². The Morgan fingerprint density at radius 3 is 2.75 bits per heavy atom. The van der Waals surface area contributed by atoms with Gasteiger partial charge in [-0.15, -0.1) is 0 Å². The SMILES string of the molecule is O=C(c1c[nH]c2ccccc12)N1CCN2CCC1CC2. The molecule has 1 aromatic carbocycles. The molecule has 0 aliphatic carbocycles. The number of para-hydroxylation sites is 1. The van der Waals surface area contributed by atoms with Crippen LogP contribution in [0.1, 0.15) is 23.2 Å². The van der Waals surface area contributed by atoms with Gasteiger partial charge in [-0.25, -0.2) is 0 Å². The predicted molar refractivity (Wildman–Crippen MR) is 78.8 cm³/mol. The number of rotatable bonds is 1. The lowest BCUT2D eigenvalue weighted by Gasteiger charge is -2.31. The van der Waals surface area contributed by atoms with Crippen LogP contribution in [-0.4, -0.2) is 52.9 Å². The summed E-state index contributed by atoms with van der Waals surface area (Å²) in [6.07, 6.45) is 4.10. The number of carbonyl (C=O) groups is 1. The number of aromatic nitrogens is 1. The number of carbonyl (C=O) groups excluding carboxylic acids is 1. The van der Waals surface area contributed by atoms with Gasteiger partial charge in [0.2, 0.25) is 0 Å². The molecule has 0 saturated carbocycles. The van der Waals surface area contributed by atoms with Crippen LogP contribution in [0, 0.1) is 0 Å². The van der Waals surface area contributed by atoms with E-state index < -0.39 is 0 Å². The van der Waals surface area contributed by atoms with Crippen LogP contribution in [0.5, 0.6) is 0 Å². The molecule has 4 heterocycles. The highest BCUT2D eigenvalue weighted by atomic mass is 16.2. The molecule has 1 N–H and O–H groups in total. The number of nitrogens with zero attached hydrogens (tertiary/aromatic N) is 2. The van der Waals surface area contributed by atoms with Gasteiger partial charge >= 0.3 is 0 Å². The molecule has 104 valence electrons. The highest BCUT2D eigenvalue weighted by Crippen LogP contribution is 2.25. The van der Waals surface area contributed by atoms with E-state index in [2.05, 4.69) is 14.8 Å². The van der Waals surface area contributed by atoms with E-state index in [-0.39, 0.29) is 5.91 Å². The zero-order chi connectivity index (χ0) is 13.5. The van der Waals surface area contributed by atoms with Crippen molar-refractivity contribution in [3.05, 3.63) is 36.0 Å². The Bertz CT molecular complexity index is 640. The van der Waals surface area contributed by atoms with E-state index >= 15 is 0 Å². The summed E-state index contributed by atoms with van der Waals surface area (Å²) >= 11 is 0. The number of piperidine rings is 1. The van der Waals surface area contributed by atoms with Gasteiger partial charge in [-0.1, -0.05) is 18.2 Å². The summed E-state index contributed by atoms with van der Waals surface area (Å²) in [5, 5.41) is 1.04. The maximum atomic E-state index is 12.9. The summed E-state index contributed by atoms with van der Waals surface area (Å²) < 4.78 is 0. The number of amides is 1. The molecule has 2 bridgehead atoms. The molecule has 5 rings (SSSR count). The molecule has 0 spiro atoms. The van der Waals surface area contributed by atoms with Gasteiger partial charge in [0, 0.05) is 49.3 Å². The Balaban J connectivity index is 1.69. The highest BCUT2D eigenvalue weighted by molar-refractivity contribution is 6.06. The molecule has 3 fully saturated rings. The minimum Gasteiger partial charge on any atom is -0.360 e. The fraction of sp³-hybridized carbons (Fsp3) is 0.438. The third-order valence-electron chi connectivity index (χ3n) is 4.74. The van der Waals surface area contributed by atoms with E-state index in [4.69, 9.17) is 0 Å². The average molecular weight is 269 g/mol. The van der Waals surface area contributed by atoms with Gasteiger partial charge in [0.1, 0.15) is 0 Å². The number of benzene rings is 1. The summed E-state index contributed by atoms with van der Waals surface area (Å²) in [6, 6.07) is 8.46. The van der Waals surface area contributed by atoms with Crippen LogP contribution >= 0.6 is 0 Å². The summed E-state index contributed by atoms with van der Waals surface area (Å²) in [5.74, 6) is 0.191. The molecule has 1 amide bonds. The van der Waals surface area contributed by atoms with Crippen molar-refractivity contribution in [1.29, 1.82) is 0 Å².